The van der Waals surface area contributed by atoms with Gasteiger partial charge in [-0.2, -0.15) is 0 Å². The minimum absolute atomic E-state index is 0.0817. The largest absolute Gasteiger partial charge is 0.455 e. The normalized spacial score (nSPS) is 19.2. The third-order valence-electron chi connectivity index (χ3n) is 6.16. The second-order valence-electron chi connectivity index (χ2n) is 9.39. The third kappa shape index (κ3) is 6.19. The molecule has 0 spiro atoms. The van der Waals surface area contributed by atoms with Crippen molar-refractivity contribution < 1.29 is 14.3 Å². The molecule has 2 aromatic rings. The fourth-order valence-corrected chi connectivity index (χ4v) is 4.25. The van der Waals surface area contributed by atoms with E-state index >= 15 is 0 Å². The number of anilines is 1. The summed E-state index contributed by atoms with van der Waals surface area (Å²) in [5.74, 6) is 0.0232. The number of nitrogens with one attached hydrogen (secondary N) is 1. The lowest BCUT2D eigenvalue weighted by molar-refractivity contribution is -0.153. The monoisotopic (exact) mass is 407 g/mol. The number of rotatable bonds is 6. The minimum atomic E-state index is -0.299. The van der Waals surface area contributed by atoms with Gasteiger partial charge in [0.2, 0.25) is 0 Å². The molecule has 30 heavy (non-hydrogen) atoms. The Bertz CT molecular complexity index is 846. The van der Waals surface area contributed by atoms with E-state index in [-0.39, 0.29) is 29.8 Å². The average Bonchev–Trinajstić information content (AvgIpc) is 2.74. The van der Waals surface area contributed by atoms with Crippen molar-refractivity contribution in [2.24, 2.45) is 17.3 Å². The number of para-hydroxylation sites is 1. The van der Waals surface area contributed by atoms with Gasteiger partial charge >= 0.3 is 5.97 Å². The highest BCUT2D eigenvalue weighted by Crippen LogP contribution is 2.40. The van der Waals surface area contributed by atoms with Gasteiger partial charge in [-0.15, -0.1) is 0 Å². The summed E-state index contributed by atoms with van der Waals surface area (Å²) in [5.41, 5.74) is 3.25. The molecule has 0 heterocycles. The zero-order valence-corrected chi connectivity index (χ0v) is 18.3. The molecule has 0 unspecified atom stereocenters. The maximum absolute atomic E-state index is 12.4. The molecule has 0 aromatic heterocycles. The first-order valence-electron chi connectivity index (χ1n) is 10.9. The van der Waals surface area contributed by atoms with E-state index in [1.807, 2.05) is 42.5 Å². The summed E-state index contributed by atoms with van der Waals surface area (Å²) in [7, 11) is 0. The molecule has 3 rings (SSSR count). The lowest BCUT2D eigenvalue weighted by Gasteiger charge is -2.36. The Morgan fingerprint density at radius 2 is 1.57 bits per heavy atom. The molecule has 160 valence electrons. The zero-order valence-electron chi connectivity index (χ0n) is 18.3. The van der Waals surface area contributed by atoms with Crippen LogP contribution in [0.2, 0.25) is 0 Å². The van der Waals surface area contributed by atoms with Gasteiger partial charge in [0.15, 0.2) is 6.61 Å². The lowest BCUT2D eigenvalue weighted by atomic mass is 9.70. The van der Waals surface area contributed by atoms with Crippen LogP contribution in [0.25, 0.3) is 0 Å². The van der Waals surface area contributed by atoms with Crippen LogP contribution in [0.15, 0.2) is 54.6 Å². The van der Waals surface area contributed by atoms with E-state index in [2.05, 4.69) is 38.2 Å². The minimum Gasteiger partial charge on any atom is -0.455 e. The van der Waals surface area contributed by atoms with Crippen molar-refractivity contribution in [2.45, 2.75) is 52.9 Å². The van der Waals surface area contributed by atoms with Gasteiger partial charge in [-0.25, -0.2) is 0 Å². The Balaban J connectivity index is 1.49. The standard InChI is InChI=1S/C26H33NO3/c1-26(2,3)22-15-13-20(14-16-22)25(29)30-18-24(28)27-23-12-8-7-11-21(23)17-19-9-5-4-6-10-19/h4-12,20,22H,13-18H2,1-3H3,(H,27,28). The van der Waals surface area contributed by atoms with Crippen LogP contribution in [0.1, 0.15) is 57.6 Å². The van der Waals surface area contributed by atoms with E-state index in [9.17, 15) is 9.59 Å². The second kappa shape index (κ2) is 9.92. The van der Waals surface area contributed by atoms with Crippen LogP contribution < -0.4 is 5.32 Å². The van der Waals surface area contributed by atoms with Crippen LogP contribution in [0.5, 0.6) is 0 Å². The van der Waals surface area contributed by atoms with Gasteiger partial charge in [0, 0.05) is 5.69 Å². The van der Waals surface area contributed by atoms with Gasteiger partial charge in [-0.3, -0.25) is 9.59 Å². The highest BCUT2D eigenvalue weighted by molar-refractivity contribution is 5.93. The topological polar surface area (TPSA) is 55.4 Å². The molecule has 1 amide bonds. The molecule has 0 aliphatic heterocycles. The number of carbonyl (C=O) groups excluding carboxylic acids is 2. The molecule has 4 heteroatoms. The molecule has 1 fully saturated rings. The van der Waals surface area contributed by atoms with E-state index in [4.69, 9.17) is 4.74 Å². The van der Waals surface area contributed by atoms with Crippen LogP contribution in [-0.2, 0) is 20.7 Å². The average molecular weight is 408 g/mol. The smallest absolute Gasteiger partial charge is 0.309 e. The van der Waals surface area contributed by atoms with Crippen molar-refractivity contribution in [1.82, 2.24) is 0 Å². The van der Waals surface area contributed by atoms with Crippen molar-refractivity contribution in [3.05, 3.63) is 65.7 Å². The molecule has 1 saturated carbocycles. The fourth-order valence-electron chi connectivity index (χ4n) is 4.25. The van der Waals surface area contributed by atoms with Crippen molar-refractivity contribution in [2.75, 3.05) is 11.9 Å². The predicted molar refractivity (Wildman–Crippen MR) is 120 cm³/mol. The van der Waals surface area contributed by atoms with Crippen LogP contribution in [0.4, 0.5) is 5.69 Å². The van der Waals surface area contributed by atoms with E-state index in [1.54, 1.807) is 0 Å². The molecule has 0 atom stereocenters. The molecule has 0 saturated heterocycles. The molecule has 0 radical (unpaired) electrons. The Morgan fingerprint density at radius 3 is 2.23 bits per heavy atom. The number of carbonyl (C=O) groups is 2. The highest BCUT2D eigenvalue weighted by atomic mass is 16.5. The van der Waals surface area contributed by atoms with E-state index in [0.29, 0.717) is 5.92 Å². The number of benzene rings is 2. The molecular formula is C26H33NO3. The quantitative estimate of drug-likeness (QED) is 0.633. The number of esters is 1. The van der Waals surface area contributed by atoms with Gasteiger partial charge in [-0.1, -0.05) is 69.3 Å². The fraction of sp³-hybridized carbons (Fsp3) is 0.462. The lowest BCUT2D eigenvalue weighted by Crippen LogP contribution is -2.31. The second-order valence-corrected chi connectivity index (χ2v) is 9.39. The van der Waals surface area contributed by atoms with E-state index in [0.717, 1.165) is 43.4 Å². The maximum atomic E-state index is 12.4. The van der Waals surface area contributed by atoms with Gasteiger partial charge in [0.1, 0.15) is 0 Å². The predicted octanol–water partition coefficient (Wildman–Crippen LogP) is 5.61. The number of amides is 1. The summed E-state index contributed by atoms with van der Waals surface area (Å²) in [4.78, 5) is 24.8. The van der Waals surface area contributed by atoms with Gasteiger partial charge in [0.05, 0.1) is 5.92 Å². The van der Waals surface area contributed by atoms with Crippen molar-refractivity contribution in [3.63, 3.8) is 0 Å². The third-order valence-corrected chi connectivity index (χ3v) is 6.16. The number of ether oxygens (including phenoxy) is 1. The Labute approximate surface area is 180 Å². The maximum Gasteiger partial charge on any atom is 0.309 e. The summed E-state index contributed by atoms with van der Waals surface area (Å²) in [6, 6.07) is 17.9. The van der Waals surface area contributed by atoms with Crippen LogP contribution in [-0.4, -0.2) is 18.5 Å². The van der Waals surface area contributed by atoms with Crippen LogP contribution >= 0.6 is 0 Å². The molecule has 1 aliphatic carbocycles. The number of hydrogen-bond donors (Lipinski definition) is 1. The molecule has 2 aromatic carbocycles. The van der Waals surface area contributed by atoms with Crippen LogP contribution in [0, 0.1) is 17.3 Å². The van der Waals surface area contributed by atoms with Gasteiger partial charge < -0.3 is 10.1 Å². The Morgan fingerprint density at radius 1 is 0.933 bits per heavy atom. The molecular weight excluding hydrogens is 374 g/mol. The van der Waals surface area contributed by atoms with Gasteiger partial charge in [0.25, 0.3) is 5.91 Å². The molecule has 0 bridgehead atoms. The summed E-state index contributed by atoms with van der Waals surface area (Å²) in [6.45, 7) is 6.54. The summed E-state index contributed by atoms with van der Waals surface area (Å²) in [5, 5.41) is 2.90. The van der Waals surface area contributed by atoms with Gasteiger partial charge in [-0.05, 0) is 60.6 Å². The first kappa shape index (κ1) is 22.1. The van der Waals surface area contributed by atoms with E-state index in [1.165, 1.54) is 5.56 Å². The number of hydrogen-bond acceptors (Lipinski definition) is 3. The van der Waals surface area contributed by atoms with Crippen LogP contribution in [0.3, 0.4) is 0 Å². The van der Waals surface area contributed by atoms with Crippen molar-refractivity contribution in [1.29, 1.82) is 0 Å². The first-order chi connectivity index (χ1) is 14.3. The Kier molecular flexibility index (Phi) is 7.30. The molecule has 4 nitrogen and oxygen atoms in total. The first-order valence-corrected chi connectivity index (χ1v) is 10.9. The SMILES string of the molecule is CC(C)(C)C1CCC(C(=O)OCC(=O)Nc2ccccc2Cc2ccccc2)CC1. The molecule has 1 aliphatic rings. The summed E-state index contributed by atoms with van der Waals surface area (Å²) >= 11 is 0. The zero-order chi connectivity index (χ0) is 21.6. The molecule has 1 N–H and O–H groups in total. The Hall–Kier alpha value is -2.62. The highest BCUT2D eigenvalue weighted by Gasteiger charge is 2.33. The van der Waals surface area contributed by atoms with E-state index < -0.39 is 0 Å². The van der Waals surface area contributed by atoms with Crippen molar-refractivity contribution in [3.8, 4) is 0 Å². The van der Waals surface area contributed by atoms with Crippen molar-refractivity contribution >= 4 is 17.6 Å². The summed E-state index contributed by atoms with van der Waals surface area (Å²) < 4.78 is 5.34. The summed E-state index contributed by atoms with van der Waals surface area (Å²) in [6.07, 6.45) is 4.52.